The molecule has 1 amide bonds. The molecule has 1 fully saturated rings. The van der Waals surface area contributed by atoms with E-state index in [-0.39, 0.29) is 11.6 Å². The summed E-state index contributed by atoms with van der Waals surface area (Å²) in [6, 6.07) is 19.5. The molecule has 0 aliphatic carbocycles. The Labute approximate surface area is 173 Å². The fraction of sp³-hybridized carbons (Fsp3) is 0.182. The molecule has 8 nitrogen and oxygen atoms in total. The van der Waals surface area contributed by atoms with Gasteiger partial charge in [-0.15, -0.1) is 0 Å². The molecule has 0 atom stereocenters. The molecule has 1 aromatic heterocycles. The van der Waals surface area contributed by atoms with E-state index in [1.807, 2.05) is 48.5 Å². The Bertz CT molecular complexity index is 1040. The number of carbonyl (C=O) groups excluding carboxylic acids is 1. The van der Waals surface area contributed by atoms with Crippen LogP contribution in [0.2, 0.25) is 0 Å². The van der Waals surface area contributed by atoms with E-state index in [0.717, 1.165) is 11.5 Å². The molecule has 1 saturated heterocycles. The summed E-state index contributed by atoms with van der Waals surface area (Å²) in [7, 11) is 0. The summed E-state index contributed by atoms with van der Waals surface area (Å²) in [4.78, 5) is 32.3. The van der Waals surface area contributed by atoms with E-state index in [1.54, 1.807) is 23.2 Å². The molecule has 1 aliphatic heterocycles. The predicted molar refractivity (Wildman–Crippen MR) is 115 cm³/mol. The average Bonchev–Trinajstić information content (AvgIpc) is 2.80. The van der Waals surface area contributed by atoms with Gasteiger partial charge in [0.25, 0.3) is 11.6 Å². The highest BCUT2D eigenvalue weighted by molar-refractivity contribution is 5.96. The smallest absolute Gasteiger partial charge is 0.293 e. The maximum atomic E-state index is 12.9. The number of pyridine rings is 1. The number of nitro groups is 1. The number of aromatic nitrogens is 1. The standard InChI is InChI=1S/C22H21N5O3/c28-22(26-14-12-25(13-15-26)21-8-4-5-11-23-21)17-9-10-19(20(16-17)27(29)30)24-18-6-2-1-3-7-18/h1-11,16,24H,12-15H2. The van der Waals surface area contributed by atoms with Gasteiger partial charge in [0.2, 0.25) is 0 Å². The van der Waals surface area contributed by atoms with Crippen LogP contribution in [0.3, 0.4) is 0 Å². The molecule has 0 radical (unpaired) electrons. The van der Waals surface area contributed by atoms with Gasteiger partial charge in [0.05, 0.1) is 4.92 Å². The van der Waals surface area contributed by atoms with E-state index in [9.17, 15) is 14.9 Å². The van der Waals surface area contributed by atoms with Crippen LogP contribution in [0.4, 0.5) is 22.9 Å². The molecule has 4 rings (SSSR count). The number of nitrogens with zero attached hydrogens (tertiary/aromatic N) is 4. The van der Waals surface area contributed by atoms with Crippen molar-refractivity contribution in [2.75, 3.05) is 36.4 Å². The number of nitro benzene ring substituents is 1. The zero-order chi connectivity index (χ0) is 20.9. The Morgan fingerprint density at radius 1 is 0.967 bits per heavy atom. The van der Waals surface area contributed by atoms with Crippen molar-refractivity contribution in [1.29, 1.82) is 0 Å². The molecule has 1 aliphatic rings. The minimum absolute atomic E-state index is 0.128. The summed E-state index contributed by atoms with van der Waals surface area (Å²) in [6.45, 7) is 2.40. The number of amides is 1. The van der Waals surface area contributed by atoms with Crippen molar-refractivity contribution in [3.05, 3.63) is 88.6 Å². The third kappa shape index (κ3) is 4.22. The minimum Gasteiger partial charge on any atom is -0.353 e. The first-order valence-corrected chi connectivity index (χ1v) is 9.67. The Morgan fingerprint density at radius 3 is 2.37 bits per heavy atom. The number of hydrogen-bond donors (Lipinski definition) is 1. The molecule has 152 valence electrons. The van der Waals surface area contributed by atoms with E-state index >= 15 is 0 Å². The SMILES string of the molecule is O=C(c1ccc(Nc2ccccc2)c([N+](=O)[O-])c1)N1CCN(c2ccccn2)CC1. The molecule has 2 heterocycles. The first-order valence-electron chi connectivity index (χ1n) is 9.67. The van der Waals surface area contributed by atoms with Crippen molar-refractivity contribution in [3.63, 3.8) is 0 Å². The third-order valence-corrected chi connectivity index (χ3v) is 5.03. The largest absolute Gasteiger partial charge is 0.353 e. The summed E-state index contributed by atoms with van der Waals surface area (Å²) in [5, 5.41) is 14.6. The van der Waals surface area contributed by atoms with Gasteiger partial charge in [-0.3, -0.25) is 14.9 Å². The van der Waals surface area contributed by atoms with Crippen LogP contribution in [-0.2, 0) is 0 Å². The van der Waals surface area contributed by atoms with Gasteiger partial charge in [-0.05, 0) is 36.4 Å². The van der Waals surface area contributed by atoms with Crippen molar-refractivity contribution in [2.24, 2.45) is 0 Å². The van der Waals surface area contributed by atoms with Crippen molar-refractivity contribution >= 4 is 28.8 Å². The molecule has 30 heavy (non-hydrogen) atoms. The van der Waals surface area contributed by atoms with E-state index in [4.69, 9.17) is 0 Å². The molecule has 3 aromatic rings. The lowest BCUT2D eigenvalue weighted by Crippen LogP contribution is -2.49. The summed E-state index contributed by atoms with van der Waals surface area (Å²) < 4.78 is 0. The highest BCUT2D eigenvalue weighted by Crippen LogP contribution is 2.29. The number of rotatable bonds is 5. The first kappa shape index (κ1) is 19.4. The van der Waals surface area contributed by atoms with Crippen molar-refractivity contribution in [2.45, 2.75) is 0 Å². The number of carbonyl (C=O) groups is 1. The summed E-state index contributed by atoms with van der Waals surface area (Å²) in [5.74, 6) is 0.682. The van der Waals surface area contributed by atoms with Crippen LogP contribution in [0.15, 0.2) is 72.9 Å². The number of piperazine rings is 1. The van der Waals surface area contributed by atoms with Crippen molar-refractivity contribution in [1.82, 2.24) is 9.88 Å². The average molecular weight is 403 g/mol. The molecule has 0 unspecified atom stereocenters. The van der Waals surface area contributed by atoms with Crippen molar-refractivity contribution < 1.29 is 9.72 Å². The Morgan fingerprint density at radius 2 is 1.70 bits per heavy atom. The van der Waals surface area contributed by atoms with Gasteiger partial charge >= 0.3 is 0 Å². The number of anilines is 3. The zero-order valence-electron chi connectivity index (χ0n) is 16.3. The fourth-order valence-electron chi connectivity index (χ4n) is 3.46. The van der Waals surface area contributed by atoms with Gasteiger partial charge in [-0.1, -0.05) is 24.3 Å². The maximum Gasteiger partial charge on any atom is 0.293 e. The highest BCUT2D eigenvalue weighted by Gasteiger charge is 2.25. The van der Waals surface area contributed by atoms with Gasteiger partial charge < -0.3 is 15.1 Å². The number of benzene rings is 2. The Kier molecular flexibility index (Phi) is 5.56. The minimum atomic E-state index is -0.471. The van der Waals surface area contributed by atoms with Crippen molar-refractivity contribution in [3.8, 4) is 0 Å². The van der Waals surface area contributed by atoms with Gasteiger partial charge in [0.15, 0.2) is 0 Å². The van der Waals surface area contributed by atoms with Crippen LogP contribution >= 0.6 is 0 Å². The monoisotopic (exact) mass is 403 g/mol. The molecule has 0 saturated carbocycles. The topological polar surface area (TPSA) is 91.6 Å². The molecular weight excluding hydrogens is 382 g/mol. The van der Waals surface area contributed by atoms with Crippen LogP contribution in [0.5, 0.6) is 0 Å². The normalized spacial score (nSPS) is 13.7. The Hall–Kier alpha value is -3.94. The van der Waals surface area contributed by atoms with E-state index < -0.39 is 4.92 Å². The van der Waals surface area contributed by atoms with Gasteiger partial charge in [0, 0.05) is 49.7 Å². The lowest BCUT2D eigenvalue weighted by atomic mass is 10.1. The predicted octanol–water partition coefficient (Wildman–Crippen LogP) is 3.70. The molecular formula is C22H21N5O3. The Balaban J connectivity index is 1.48. The second-order valence-corrected chi connectivity index (χ2v) is 6.95. The molecule has 8 heteroatoms. The second kappa shape index (κ2) is 8.60. The van der Waals surface area contributed by atoms with E-state index in [1.165, 1.54) is 6.07 Å². The van der Waals surface area contributed by atoms with Crippen LogP contribution in [0.25, 0.3) is 0 Å². The quantitative estimate of drug-likeness (QED) is 0.516. The van der Waals surface area contributed by atoms with E-state index in [0.29, 0.717) is 37.4 Å². The fourth-order valence-corrected chi connectivity index (χ4v) is 3.46. The maximum absolute atomic E-state index is 12.9. The van der Waals surface area contributed by atoms with E-state index in [2.05, 4.69) is 15.2 Å². The molecule has 1 N–H and O–H groups in total. The first-order chi connectivity index (χ1) is 14.6. The molecule has 2 aromatic carbocycles. The molecule has 0 bridgehead atoms. The van der Waals surface area contributed by atoms with Gasteiger partial charge in [-0.2, -0.15) is 0 Å². The van der Waals surface area contributed by atoms with Crippen LogP contribution in [-0.4, -0.2) is 46.9 Å². The number of para-hydroxylation sites is 1. The van der Waals surface area contributed by atoms with Crippen LogP contribution < -0.4 is 10.2 Å². The number of nitrogens with one attached hydrogen (secondary N) is 1. The van der Waals surface area contributed by atoms with Crippen LogP contribution in [0.1, 0.15) is 10.4 Å². The van der Waals surface area contributed by atoms with Crippen LogP contribution in [0, 0.1) is 10.1 Å². The van der Waals surface area contributed by atoms with Gasteiger partial charge in [-0.25, -0.2) is 4.98 Å². The summed E-state index contributed by atoms with van der Waals surface area (Å²) in [5.41, 5.74) is 1.27. The lowest BCUT2D eigenvalue weighted by Gasteiger charge is -2.35. The van der Waals surface area contributed by atoms with Gasteiger partial charge in [0.1, 0.15) is 11.5 Å². The number of hydrogen-bond acceptors (Lipinski definition) is 6. The summed E-state index contributed by atoms with van der Waals surface area (Å²) >= 11 is 0. The second-order valence-electron chi connectivity index (χ2n) is 6.95. The zero-order valence-corrected chi connectivity index (χ0v) is 16.3. The highest BCUT2D eigenvalue weighted by atomic mass is 16.6. The lowest BCUT2D eigenvalue weighted by molar-refractivity contribution is -0.383. The third-order valence-electron chi connectivity index (χ3n) is 5.03. The molecule has 0 spiro atoms. The summed E-state index contributed by atoms with van der Waals surface area (Å²) in [6.07, 6.45) is 1.75.